The number of hydrogen-bond acceptors (Lipinski definition) is 6. The zero-order valence-electron chi connectivity index (χ0n) is 20.4. The van der Waals surface area contributed by atoms with Crippen molar-refractivity contribution in [3.63, 3.8) is 0 Å². The molecule has 1 unspecified atom stereocenters. The van der Waals surface area contributed by atoms with Crippen LogP contribution in [0.25, 0.3) is 10.9 Å². The van der Waals surface area contributed by atoms with Crippen LogP contribution in [0.4, 0.5) is 0 Å². The Morgan fingerprint density at radius 3 is 2.32 bits per heavy atom. The molecule has 1 fully saturated rings. The number of piperazine rings is 1. The van der Waals surface area contributed by atoms with Gasteiger partial charge in [0, 0.05) is 32.7 Å². The molecular formula is C28H35N5O. The lowest BCUT2D eigenvalue weighted by Crippen LogP contribution is -2.47. The lowest BCUT2D eigenvalue weighted by atomic mass is 9.70. The minimum absolute atomic E-state index is 0.281. The van der Waals surface area contributed by atoms with Crippen molar-refractivity contribution >= 4 is 10.9 Å². The molecule has 1 saturated heterocycles. The molecule has 6 heteroatoms. The van der Waals surface area contributed by atoms with E-state index in [2.05, 4.69) is 51.8 Å². The van der Waals surface area contributed by atoms with Crippen LogP contribution in [0.2, 0.25) is 0 Å². The molecule has 178 valence electrons. The molecule has 1 aromatic heterocycles. The average Bonchev–Trinajstić information content (AvgIpc) is 2.88. The van der Waals surface area contributed by atoms with Gasteiger partial charge in [-0.1, -0.05) is 56.3 Å². The fourth-order valence-corrected chi connectivity index (χ4v) is 4.94. The summed E-state index contributed by atoms with van der Waals surface area (Å²) in [5.41, 5.74) is 1.64. The highest BCUT2D eigenvalue weighted by molar-refractivity contribution is 5.82. The summed E-state index contributed by atoms with van der Waals surface area (Å²) in [4.78, 5) is 13.6. The minimum Gasteiger partial charge on any atom is -0.476 e. The van der Waals surface area contributed by atoms with E-state index in [9.17, 15) is 5.26 Å². The molecule has 0 bridgehead atoms. The Labute approximate surface area is 203 Å². The molecule has 1 atom stereocenters. The Kier molecular flexibility index (Phi) is 8.10. The molecule has 3 aromatic rings. The number of hydrogen-bond donors (Lipinski definition) is 0. The van der Waals surface area contributed by atoms with Gasteiger partial charge in [0.1, 0.15) is 12.9 Å². The van der Waals surface area contributed by atoms with Crippen molar-refractivity contribution in [3.05, 3.63) is 66.5 Å². The summed E-state index contributed by atoms with van der Waals surface area (Å²) in [7, 11) is 0. The monoisotopic (exact) mass is 457 g/mol. The molecule has 2 aromatic carbocycles. The van der Waals surface area contributed by atoms with Gasteiger partial charge in [-0.3, -0.25) is 4.90 Å². The van der Waals surface area contributed by atoms with E-state index < -0.39 is 5.41 Å². The van der Waals surface area contributed by atoms with Gasteiger partial charge in [0.25, 0.3) is 0 Å². The third kappa shape index (κ3) is 5.55. The van der Waals surface area contributed by atoms with Crippen LogP contribution in [0.1, 0.15) is 32.3 Å². The standard InChI is InChI=1S/C28H35N5O/c1-23(2)28(21-29,24-9-4-3-5-10-24)13-8-14-32-15-17-33(18-16-32)19-20-34-27-25-11-6-7-12-26(25)30-22-31-27/h3-7,9-12,22-23H,8,13-20H2,1-2H3. The molecule has 0 aliphatic carbocycles. The summed E-state index contributed by atoms with van der Waals surface area (Å²) in [5.74, 6) is 0.942. The number of para-hydroxylation sites is 1. The lowest BCUT2D eigenvalue weighted by Gasteiger charge is -2.36. The second-order valence-corrected chi connectivity index (χ2v) is 9.44. The molecular weight excluding hydrogens is 422 g/mol. The molecule has 1 aliphatic heterocycles. The van der Waals surface area contributed by atoms with Crippen LogP contribution in [0, 0.1) is 17.2 Å². The largest absolute Gasteiger partial charge is 0.476 e. The topological polar surface area (TPSA) is 65.3 Å². The number of aromatic nitrogens is 2. The zero-order valence-corrected chi connectivity index (χ0v) is 20.4. The first-order valence-corrected chi connectivity index (χ1v) is 12.4. The van der Waals surface area contributed by atoms with Crippen LogP contribution in [0.15, 0.2) is 60.9 Å². The summed E-state index contributed by atoms with van der Waals surface area (Å²) in [6, 6.07) is 20.9. The lowest BCUT2D eigenvalue weighted by molar-refractivity contribution is 0.113. The number of ether oxygens (including phenoxy) is 1. The van der Waals surface area contributed by atoms with E-state index >= 15 is 0 Å². The van der Waals surface area contributed by atoms with Gasteiger partial charge in [-0.2, -0.15) is 5.26 Å². The van der Waals surface area contributed by atoms with Crippen molar-refractivity contribution < 1.29 is 4.74 Å². The molecule has 0 amide bonds. The Morgan fingerprint density at radius 1 is 0.941 bits per heavy atom. The first-order valence-electron chi connectivity index (χ1n) is 12.4. The van der Waals surface area contributed by atoms with Crippen molar-refractivity contribution in [2.24, 2.45) is 5.92 Å². The van der Waals surface area contributed by atoms with E-state index in [0.29, 0.717) is 12.5 Å². The second kappa shape index (κ2) is 11.4. The summed E-state index contributed by atoms with van der Waals surface area (Å²) in [5, 5.41) is 11.1. The highest BCUT2D eigenvalue weighted by Gasteiger charge is 2.35. The van der Waals surface area contributed by atoms with Gasteiger partial charge < -0.3 is 9.64 Å². The van der Waals surface area contributed by atoms with Gasteiger partial charge in [-0.05, 0) is 43.0 Å². The Balaban J connectivity index is 1.21. The van der Waals surface area contributed by atoms with E-state index in [1.807, 2.05) is 42.5 Å². The van der Waals surface area contributed by atoms with Crippen LogP contribution in [0.5, 0.6) is 5.88 Å². The number of nitriles is 1. The number of benzene rings is 2. The van der Waals surface area contributed by atoms with Gasteiger partial charge in [-0.25, -0.2) is 9.97 Å². The van der Waals surface area contributed by atoms with Crippen LogP contribution in [0.3, 0.4) is 0 Å². The molecule has 2 heterocycles. The Morgan fingerprint density at radius 2 is 1.62 bits per heavy atom. The third-order valence-corrected chi connectivity index (χ3v) is 7.14. The van der Waals surface area contributed by atoms with E-state index in [1.54, 1.807) is 6.33 Å². The maximum absolute atomic E-state index is 10.1. The SMILES string of the molecule is CC(C)C(C#N)(CCCN1CCN(CCOc2ncnc3ccccc23)CC1)c1ccccc1. The normalized spacial score (nSPS) is 16.9. The van der Waals surface area contributed by atoms with E-state index in [-0.39, 0.29) is 5.92 Å². The van der Waals surface area contributed by atoms with E-state index in [0.717, 1.165) is 68.6 Å². The summed E-state index contributed by atoms with van der Waals surface area (Å²) < 4.78 is 5.99. The Bertz CT molecular complexity index is 1080. The Hall–Kier alpha value is -3.01. The van der Waals surface area contributed by atoms with Crippen molar-refractivity contribution in [1.29, 1.82) is 5.26 Å². The molecule has 0 saturated carbocycles. The fourth-order valence-electron chi connectivity index (χ4n) is 4.94. The molecule has 6 nitrogen and oxygen atoms in total. The number of fused-ring (bicyclic) bond motifs is 1. The first-order chi connectivity index (χ1) is 16.6. The van der Waals surface area contributed by atoms with E-state index in [1.165, 1.54) is 0 Å². The smallest absolute Gasteiger partial charge is 0.224 e. The molecule has 4 rings (SSSR count). The van der Waals surface area contributed by atoms with Crippen molar-refractivity contribution in [2.45, 2.75) is 32.1 Å². The minimum atomic E-state index is -0.411. The quantitative estimate of drug-likeness (QED) is 0.446. The molecule has 0 spiro atoms. The van der Waals surface area contributed by atoms with Crippen LogP contribution in [-0.4, -0.2) is 65.6 Å². The van der Waals surface area contributed by atoms with Crippen molar-refractivity contribution in [3.8, 4) is 11.9 Å². The molecule has 1 aliphatic rings. The molecule has 0 N–H and O–H groups in total. The van der Waals surface area contributed by atoms with Crippen LogP contribution < -0.4 is 4.74 Å². The summed E-state index contributed by atoms with van der Waals surface area (Å²) >= 11 is 0. The fraction of sp³-hybridized carbons (Fsp3) is 0.464. The van der Waals surface area contributed by atoms with Gasteiger partial charge in [0.2, 0.25) is 5.88 Å². The second-order valence-electron chi connectivity index (χ2n) is 9.44. The highest BCUT2D eigenvalue weighted by Crippen LogP contribution is 2.36. The third-order valence-electron chi connectivity index (χ3n) is 7.14. The predicted molar refractivity (Wildman–Crippen MR) is 136 cm³/mol. The number of rotatable bonds is 10. The highest BCUT2D eigenvalue weighted by atomic mass is 16.5. The van der Waals surface area contributed by atoms with Gasteiger partial charge in [0.05, 0.1) is 22.4 Å². The molecule has 34 heavy (non-hydrogen) atoms. The maximum Gasteiger partial charge on any atom is 0.224 e. The van der Waals surface area contributed by atoms with Gasteiger partial charge in [0.15, 0.2) is 0 Å². The van der Waals surface area contributed by atoms with Crippen molar-refractivity contribution in [1.82, 2.24) is 19.8 Å². The van der Waals surface area contributed by atoms with Crippen LogP contribution >= 0.6 is 0 Å². The molecule has 0 radical (unpaired) electrons. The van der Waals surface area contributed by atoms with Gasteiger partial charge >= 0.3 is 0 Å². The van der Waals surface area contributed by atoms with E-state index in [4.69, 9.17) is 4.74 Å². The van der Waals surface area contributed by atoms with Crippen molar-refractivity contribution in [2.75, 3.05) is 45.9 Å². The number of nitrogens with zero attached hydrogens (tertiary/aromatic N) is 5. The predicted octanol–water partition coefficient (Wildman–Crippen LogP) is 4.52. The zero-order chi connectivity index (χ0) is 23.8. The maximum atomic E-state index is 10.1. The van der Waals surface area contributed by atoms with Crippen LogP contribution in [-0.2, 0) is 5.41 Å². The average molecular weight is 458 g/mol. The first kappa shape index (κ1) is 24.1. The van der Waals surface area contributed by atoms with Gasteiger partial charge in [-0.15, -0.1) is 0 Å². The summed E-state index contributed by atoms with van der Waals surface area (Å²) in [6.07, 6.45) is 3.49. The summed E-state index contributed by atoms with van der Waals surface area (Å²) in [6.45, 7) is 11.1.